The van der Waals surface area contributed by atoms with Gasteiger partial charge in [0.25, 0.3) is 0 Å². The lowest BCUT2D eigenvalue weighted by Crippen LogP contribution is -2.20. The molecule has 0 spiro atoms. The van der Waals surface area contributed by atoms with Crippen LogP contribution in [0.15, 0.2) is 0 Å². The molecule has 0 aromatic heterocycles. The first kappa shape index (κ1) is 7.12. The number of hydrogen-bond donors (Lipinski definition) is 1. The van der Waals surface area contributed by atoms with Crippen LogP contribution in [0.2, 0.25) is 0 Å². The number of cyclic esters (lactones) is 1. The van der Waals surface area contributed by atoms with Gasteiger partial charge in [0.05, 0.1) is 0 Å². The molecule has 0 radical (unpaired) electrons. The molecule has 1 aliphatic rings. The highest BCUT2D eigenvalue weighted by Gasteiger charge is 2.41. The molecule has 5 heteroatoms. The number of carbonyl (C=O) groups is 1. The van der Waals surface area contributed by atoms with Gasteiger partial charge in [0, 0.05) is 0 Å². The van der Waals surface area contributed by atoms with Crippen LogP contribution in [0.3, 0.4) is 0 Å². The molecule has 1 heterocycles. The Morgan fingerprint density at radius 1 is 1.56 bits per heavy atom. The fraction of sp³-hybridized carbons (Fsp3) is 0.750. The Labute approximate surface area is 61.5 Å². The molecule has 0 bridgehead atoms. The molecule has 3 atom stereocenters. The summed E-state index contributed by atoms with van der Waals surface area (Å²) in [5, 5.41) is 6.94. The van der Waals surface area contributed by atoms with E-state index in [0.717, 1.165) is 0 Å². The van der Waals surface area contributed by atoms with Crippen molar-refractivity contribution in [2.45, 2.75) is 17.0 Å². The maximum atomic E-state index is 10.4. The Morgan fingerprint density at radius 2 is 2.11 bits per heavy atom. The molecule has 0 aliphatic carbocycles. The van der Waals surface area contributed by atoms with E-state index >= 15 is 0 Å². The Morgan fingerprint density at radius 3 is 2.22 bits per heavy atom. The fourth-order valence-corrected chi connectivity index (χ4v) is 0.854. The van der Waals surface area contributed by atoms with Crippen molar-refractivity contribution in [3.8, 4) is 0 Å². The highest BCUT2D eigenvalue weighted by atomic mass is 35.5. The van der Waals surface area contributed by atoms with Crippen LogP contribution in [0.1, 0.15) is 0 Å². The summed E-state index contributed by atoms with van der Waals surface area (Å²) in [4.78, 5) is 10.4. The number of halogens is 2. The zero-order valence-electron chi connectivity index (χ0n) is 4.25. The Kier molecular flexibility index (Phi) is 1.84. The van der Waals surface area contributed by atoms with Gasteiger partial charge in [0.2, 0.25) is 6.29 Å². The van der Waals surface area contributed by atoms with Crippen LogP contribution in [0.4, 0.5) is 0 Å². The second-order valence-electron chi connectivity index (χ2n) is 1.67. The molecule has 0 aromatic rings. The third kappa shape index (κ3) is 1.13. The molecule has 1 N–H and O–H groups in total. The summed E-state index contributed by atoms with van der Waals surface area (Å²) in [5.41, 5.74) is 0. The molecule has 0 aromatic carbocycles. The van der Waals surface area contributed by atoms with Gasteiger partial charge in [-0.3, -0.25) is 4.79 Å². The van der Waals surface area contributed by atoms with Gasteiger partial charge in [0.1, 0.15) is 5.38 Å². The standard InChI is InChI=1S/C4H4Cl2O3/c5-1-2(6)4(8)9-3(1)7/h1-3,7H. The lowest BCUT2D eigenvalue weighted by molar-refractivity contribution is -0.153. The molecule has 3 nitrogen and oxygen atoms in total. The van der Waals surface area contributed by atoms with E-state index in [-0.39, 0.29) is 0 Å². The third-order valence-electron chi connectivity index (χ3n) is 1.01. The van der Waals surface area contributed by atoms with E-state index in [1.165, 1.54) is 0 Å². The van der Waals surface area contributed by atoms with Crippen molar-refractivity contribution in [1.82, 2.24) is 0 Å². The van der Waals surface area contributed by atoms with Gasteiger partial charge in [-0.05, 0) is 0 Å². The van der Waals surface area contributed by atoms with E-state index in [4.69, 9.17) is 28.3 Å². The van der Waals surface area contributed by atoms with Gasteiger partial charge in [-0.1, -0.05) is 0 Å². The number of carbonyl (C=O) groups excluding carboxylic acids is 1. The molecule has 9 heavy (non-hydrogen) atoms. The smallest absolute Gasteiger partial charge is 0.328 e. The monoisotopic (exact) mass is 170 g/mol. The van der Waals surface area contributed by atoms with Crippen molar-refractivity contribution in [1.29, 1.82) is 0 Å². The van der Waals surface area contributed by atoms with E-state index in [1.807, 2.05) is 0 Å². The Balaban J connectivity index is 2.65. The first-order valence-electron chi connectivity index (χ1n) is 2.29. The average molecular weight is 171 g/mol. The third-order valence-corrected chi connectivity index (χ3v) is 2.06. The largest absolute Gasteiger partial charge is 0.433 e. The number of esters is 1. The van der Waals surface area contributed by atoms with E-state index in [2.05, 4.69) is 4.74 Å². The van der Waals surface area contributed by atoms with E-state index in [1.54, 1.807) is 0 Å². The summed E-state index contributed by atoms with van der Waals surface area (Å²) in [6.45, 7) is 0. The minimum absolute atomic E-state index is 0.663. The summed E-state index contributed by atoms with van der Waals surface area (Å²) in [5.74, 6) is -0.663. The van der Waals surface area contributed by atoms with E-state index in [9.17, 15) is 4.79 Å². The Bertz CT molecular complexity index is 138. The molecule has 0 amide bonds. The second-order valence-corrected chi connectivity index (χ2v) is 2.65. The molecule has 1 rings (SSSR count). The van der Waals surface area contributed by atoms with Gasteiger partial charge in [0.15, 0.2) is 5.38 Å². The number of aliphatic hydroxyl groups excluding tert-OH is 1. The SMILES string of the molecule is O=C1OC(O)C(Cl)C1Cl. The zero-order chi connectivity index (χ0) is 7.02. The topological polar surface area (TPSA) is 46.5 Å². The maximum absolute atomic E-state index is 10.4. The van der Waals surface area contributed by atoms with Crippen molar-refractivity contribution < 1.29 is 14.6 Å². The van der Waals surface area contributed by atoms with Crippen LogP contribution in [0.5, 0.6) is 0 Å². The first-order valence-corrected chi connectivity index (χ1v) is 3.17. The molecule has 0 saturated carbocycles. The molecular weight excluding hydrogens is 167 g/mol. The van der Waals surface area contributed by atoms with Crippen LogP contribution in [0, 0.1) is 0 Å². The highest BCUT2D eigenvalue weighted by Crippen LogP contribution is 2.23. The van der Waals surface area contributed by atoms with E-state index in [0.29, 0.717) is 0 Å². The lowest BCUT2D eigenvalue weighted by Gasteiger charge is -2.01. The Hall–Kier alpha value is 0.01000. The van der Waals surface area contributed by atoms with Gasteiger partial charge in [-0.2, -0.15) is 0 Å². The van der Waals surface area contributed by atoms with Gasteiger partial charge < -0.3 is 9.84 Å². The maximum Gasteiger partial charge on any atom is 0.328 e. The molecule has 52 valence electrons. The van der Waals surface area contributed by atoms with Crippen molar-refractivity contribution in [2.75, 3.05) is 0 Å². The zero-order valence-corrected chi connectivity index (χ0v) is 5.76. The van der Waals surface area contributed by atoms with Gasteiger partial charge in [-0.15, -0.1) is 23.2 Å². The summed E-state index contributed by atoms with van der Waals surface area (Å²) in [6, 6.07) is 0. The van der Waals surface area contributed by atoms with Crippen molar-refractivity contribution in [2.24, 2.45) is 0 Å². The number of alkyl halides is 2. The molecule has 1 saturated heterocycles. The normalized spacial score (nSPS) is 43.0. The minimum atomic E-state index is -1.25. The second kappa shape index (κ2) is 2.33. The van der Waals surface area contributed by atoms with Crippen molar-refractivity contribution >= 4 is 29.2 Å². The predicted octanol–water partition coefficient (Wildman–Crippen LogP) is 0.0764. The summed E-state index contributed by atoms with van der Waals surface area (Å²) < 4.78 is 4.24. The fourth-order valence-electron chi connectivity index (χ4n) is 0.524. The quantitative estimate of drug-likeness (QED) is 0.414. The predicted molar refractivity (Wildman–Crippen MR) is 31.4 cm³/mol. The number of hydrogen-bond acceptors (Lipinski definition) is 3. The summed E-state index contributed by atoms with van der Waals surface area (Å²) >= 11 is 10.7. The summed E-state index contributed by atoms with van der Waals surface area (Å²) in [6.07, 6.45) is -1.25. The molecule has 1 fully saturated rings. The van der Waals surface area contributed by atoms with Crippen LogP contribution >= 0.6 is 23.2 Å². The summed E-state index contributed by atoms with van der Waals surface area (Å²) in [7, 11) is 0. The van der Waals surface area contributed by atoms with Gasteiger partial charge >= 0.3 is 5.97 Å². The first-order chi connectivity index (χ1) is 4.13. The van der Waals surface area contributed by atoms with Crippen LogP contribution in [0.25, 0.3) is 0 Å². The highest BCUT2D eigenvalue weighted by molar-refractivity contribution is 6.37. The van der Waals surface area contributed by atoms with Gasteiger partial charge in [-0.25, -0.2) is 0 Å². The van der Waals surface area contributed by atoms with Crippen LogP contribution in [-0.4, -0.2) is 28.1 Å². The minimum Gasteiger partial charge on any atom is -0.433 e. The van der Waals surface area contributed by atoms with Crippen molar-refractivity contribution in [3.05, 3.63) is 0 Å². The molecule has 1 aliphatic heterocycles. The lowest BCUT2D eigenvalue weighted by atomic mass is 10.3. The number of ether oxygens (including phenoxy) is 1. The number of rotatable bonds is 0. The van der Waals surface area contributed by atoms with Crippen LogP contribution in [-0.2, 0) is 9.53 Å². The van der Waals surface area contributed by atoms with E-state index < -0.39 is 23.0 Å². The number of aliphatic hydroxyl groups is 1. The average Bonchev–Trinajstić information content (AvgIpc) is 1.98. The molecular formula is C4H4Cl2O3. The molecule has 3 unspecified atom stereocenters. The van der Waals surface area contributed by atoms with Crippen molar-refractivity contribution in [3.63, 3.8) is 0 Å². The van der Waals surface area contributed by atoms with Crippen LogP contribution < -0.4 is 0 Å².